The number of carbonyl (C=O) groups is 2. The summed E-state index contributed by atoms with van der Waals surface area (Å²) in [5.74, 6) is 0.737. The van der Waals surface area contributed by atoms with Gasteiger partial charge in [0.1, 0.15) is 11.9 Å². The molecule has 0 aliphatic carbocycles. The molecule has 202 valence electrons. The van der Waals surface area contributed by atoms with Crippen molar-refractivity contribution >= 4 is 11.8 Å². The number of nitrogens with zero attached hydrogens (tertiary/aromatic N) is 1. The normalized spacial score (nSPS) is 11.6. The van der Waals surface area contributed by atoms with E-state index in [4.69, 9.17) is 9.47 Å². The van der Waals surface area contributed by atoms with Gasteiger partial charge in [0.15, 0.2) is 11.5 Å². The first-order valence-corrected chi connectivity index (χ1v) is 12.9. The lowest BCUT2D eigenvalue weighted by molar-refractivity contribution is -0.140. The number of benzene rings is 3. The average molecular weight is 521 g/mol. The molecule has 2 amide bonds. The Balaban J connectivity index is 1.95. The van der Waals surface area contributed by atoms with Gasteiger partial charge < -0.3 is 19.7 Å². The van der Waals surface area contributed by atoms with E-state index in [-0.39, 0.29) is 30.6 Å². The van der Waals surface area contributed by atoms with Crippen LogP contribution in [0.5, 0.6) is 11.5 Å². The van der Waals surface area contributed by atoms with E-state index in [1.165, 1.54) is 12.1 Å². The third-order valence-electron chi connectivity index (χ3n) is 6.36. The molecular formula is C31H37FN2O4. The molecule has 1 N–H and O–H groups in total. The summed E-state index contributed by atoms with van der Waals surface area (Å²) in [6.07, 6.45) is 1.25. The van der Waals surface area contributed by atoms with Crippen molar-refractivity contribution in [1.29, 1.82) is 0 Å². The maximum Gasteiger partial charge on any atom is 0.243 e. The summed E-state index contributed by atoms with van der Waals surface area (Å²) < 4.78 is 24.3. The predicted molar refractivity (Wildman–Crippen MR) is 147 cm³/mol. The van der Waals surface area contributed by atoms with Gasteiger partial charge in [-0.05, 0) is 53.3 Å². The lowest BCUT2D eigenvalue weighted by atomic mass is 10.0. The molecule has 0 heterocycles. The zero-order valence-electron chi connectivity index (χ0n) is 22.6. The Morgan fingerprint density at radius 3 is 2.16 bits per heavy atom. The molecule has 0 radical (unpaired) electrons. The van der Waals surface area contributed by atoms with E-state index in [0.29, 0.717) is 30.4 Å². The molecule has 3 rings (SSSR count). The van der Waals surface area contributed by atoms with Crippen LogP contribution in [0.1, 0.15) is 37.0 Å². The Morgan fingerprint density at radius 1 is 0.868 bits per heavy atom. The van der Waals surface area contributed by atoms with Crippen LogP contribution in [-0.4, -0.2) is 43.5 Å². The van der Waals surface area contributed by atoms with Crippen LogP contribution in [0.25, 0.3) is 0 Å². The van der Waals surface area contributed by atoms with Crippen molar-refractivity contribution in [2.24, 2.45) is 5.92 Å². The molecule has 0 unspecified atom stereocenters. The smallest absolute Gasteiger partial charge is 0.243 e. The number of halogens is 1. The fourth-order valence-corrected chi connectivity index (χ4v) is 4.21. The van der Waals surface area contributed by atoms with E-state index < -0.39 is 6.04 Å². The van der Waals surface area contributed by atoms with E-state index >= 15 is 0 Å². The highest BCUT2D eigenvalue weighted by Gasteiger charge is 2.30. The minimum Gasteiger partial charge on any atom is -0.493 e. The molecule has 1 atom stereocenters. The van der Waals surface area contributed by atoms with Gasteiger partial charge in [0.2, 0.25) is 11.8 Å². The Kier molecular flexibility index (Phi) is 10.7. The van der Waals surface area contributed by atoms with Crippen molar-refractivity contribution in [3.8, 4) is 11.5 Å². The molecule has 38 heavy (non-hydrogen) atoms. The quantitative estimate of drug-likeness (QED) is 0.337. The number of rotatable bonds is 13. The molecule has 0 spiro atoms. The van der Waals surface area contributed by atoms with Crippen LogP contribution in [0.4, 0.5) is 4.39 Å². The molecule has 3 aromatic carbocycles. The molecule has 6 nitrogen and oxygen atoms in total. The second-order valence-corrected chi connectivity index (χ2v) is 9.69. The summed E-state index contributed by atoms with van der Waals surface area (Å²) in [5, 5.41) is 3.03. The molecule has 0 fully saturated rings. The largest absolute Gasteiger partial charge is 0.493 e. The predicted octanol–water partition coefficient (Wildman–Crippen LogP) is 5.19. The molecular weight excluding hydrogens is 483 g/mol. The van der Waals surface area contributed by atoms with Crippen LogP contribution in [-0.2, 0) is 29.0 Å². The number of nitrogens with one attached hydrogen (secondary N) is 1. The van der Waals surface area contributed by atoms with Crippen LogP contribution < -0.4 is 14.8 Å². The minimum absolute atomic E-state index is 0.0616. The minimum atomic E-state index is -0.748. The van der Waals surface area contributed by atoms with Crippen LogP contribution in [0.2, 0.25) is 0 Å². The van der Waals surface area contributed by atoms with Crippen molar-refractivity contribution in [2.45, 2.75) is 45.7 Å². The van der Waals surface area contributed by atoms with E-state index in [0.717, 1.165) is 23.1 Å². The maximum atomic E-state index is 13.9. The third kappa shape index (κ3) is 8.33. The van der Waals surface area contributed by atoms with Gasteiger partial charge >= 0.3 is 0 Å². The molecule has 0 aromatic heterocycles. The molecule has 0 saturated heterocycles. The van der Waals surface area contributed by atoms with E-state index in [9.17, 15) is 14.0 Å². The molecule has 3 aromatic rings. The van der Waals surface area contributed by atoms with Gasteiger partial charge in [0.25, 0.3) is 0 Å². The van der Waals surface area contributed by atoms with Gasteiger partial charge in [-0.2, -0.15) is 0 Å². The van der Waals surface area contributed by atoms with E-state index in [1.807, 2.05) is 36.4 Å². The summed E-state index contributed by atoms with van der Waals surface area (Å²) in [6.45, 7) is 4.89. The van der Waals surface area contributed by atoms with Gasteiger partial charge in [0.05, 0.1) is 20.6 Å². The Labute approximate surface area is 224 Å². The average Bonchev–Trinajstić information content (AvgIpc) is 2.91. The van der Waals surface area contributed by atoms with Crippen LogP contribution in [0.3, 0.4) is 0 Å². The number of hydrogen-bond donors (Lipinski definition) is 1. The summed E-state index contributed by atoms with van der Waals surface area (Å²) in [6, 6.07) is 20.2. The Bertz CT molecular complexity index is 1180. The zero-order valence-corrected chi connectivity index (χ0v) is 22.6. The first-order valence-electron chi connectivity index (χ1n) is 12.9. The number of hydrogen-bond acceptors (Lipinski definition) is 4. The van der Waals surface area contributed by atoms with E-state index in [1.54, 1.807) is 43.4 Å². The number of methoxy groups -OCH3 is 2. The van der Waals surface area contributed by atoms with Crippen LogP contribution in [0.15, 0.2) is 72.8 Å². The number of carbonyl (C=O) groups excluding carboxylic acids is 2. The number of amides is 2. The summed E-state index contributed by atoms with van der Waals surface area (Å²) in [7, 11) is 3.10. The van der Waals surface area contributed by atoms with Crippen LogP contribution in [0, 0.1) is 11.7 Å². The highest BCUT2D eigenvalue weighted by atomic mass is 19.1. The highest BCUT2D eigenvalue weighted by molar-refractivity contribution is 5.88. The van der Waals surface area contributed by atoms with Crippen molar-refractivity contribution < 1.29 is 23.5 Å². The van der Waals surface area contributed by atoms with Crippen LogP contribution >= 0.6 is 0 Å². The van der Waals surface area contributed by atoms with E-state index in [2.05, 4.69) is 19.2 Å². The number of ether oxygens (including phenoxy) is 2. The molecule has 0 aliphatic heterocycles. The van der Waals surface area contributed by atoms with Gasteiger partial charge in [-0.1, -0.05) is 62.4 Å². The zero-order chi connectivity index (χ0) is 27.5. The lowest BCUT2D eigenvalue weighted by Gasteiger charge is -2.32. The second-order valence-electron chi connectivity index (χ2n) is 9.69. The lowest BCUT2D eigenvalue weighted by Crippen LogP contribution is -2.51. The van der Waals surface area contributed by atoms with Gasteiger partial charge in [0, 0.05) is 19.5 Å². The van der Waals surface area contributed by atoms with Gasteiger partial charge in [-0.25, -0.2) is 4.39 Å². The summed E-state index contributed by atoms with van der Waals surface area (Å²) in [5.41, 5.74) is 2.41. The molecule has 7 heteroatoms. The first kappa shape index (κ1) is 28.7. The molecule has 0 bridgehead atoms. The third-order valence-corrected chi connectivity index (χ3v) is 6.36. The highest BCUT2D eigenvalue weighted by Crippen LogP contribution is 2.28. The second kappa shape index (κ2) is 14.2. The van der Waals surface area contributed by atoms with Crippen molar-refractivity contribution in [3.05, 3.63) is 95.3 Å². The monoisotopic (exact) mass is 520 g/mol. The van der Waals surface area contributed by atoms with Crippen molar-refractivity contribution in [3.63, 3.8) is 0 Å². The topological polar surface area (TPSA) is 67.9 Å². The standard InChI is InChI=1S/C31H37FN2O4/c1-22(2)16-17-33-31(36)27(18-23-8-6-5-7-9-23)34(21-24-10-13-26(32)14-11-24)30(35)20-25-12-15-28(37-3)29(19-25)38-4/h5-15,19,22,27H,16-18,20-21H2,1-4H3,(H,33,36)/t27-/m0/s1. The first-order chi connectivity index (χ1) is 18.3. The van der Waals surface area contributed by atoms with Crippen molar-refractivity contribution in [2.75, 3.05) is 20.8 Å². The fraction of sp³-hybridized carbons (Fsp3) is 0.355. The van der Waals surface area contributed by atoms with Gasteiger partial charge in [-0.3, -0.25) is 9.59 Å². The summed E-state index contributed by atoms with van der Waals surface area (Å²) in [4.78, 5) is 29.0. The summed E-state index contributed by atoms with van der Waals surface area (Å²) >= 11 is 0. The molecule has 0 saturated carbocycles. The molecule has 0 aliphatic rings. The maximum absolute atomic E-state index is 13.9. The van der Waals surface area contributed by atoms with Gasteiger partial charge in [-0.15, -0.1) is 0 Å². The fourth-order valence-electron chi connectivity index (χ4n) is 4.21. The van der Waals surface area contributed by atoms with Crippen molar-refractivity contribution in [1.82, 2.24) is 10.2 Å². The Hall–Kier alpha value is -3.87. The SMILES string of the molecule is COc1ccc(CC(=O)N(Cc2ccc(F)cc2)[C@@H](Cc2ccccc2)C(=O)NCCC(C)C)cc1OC. The Morgan fingerprint density at radius 2 is 1.53 bits per heavy atom.